The fourth-order valence-corrected chi connectivity index (χ4v) is 4.98. The molecule has 2 aliphatic rings. The quantitative estimate of drug-likeness (QED) is 0.731. The number of anilines is 2. The van der Waals surface area contributed by atoms with Crippen molar-refractivity contribution in [3.05, 3.63) is 35.2 Å². The predicted molar refractivity (Wildman–Crippen MR) is 114 cm³/mol. The fourth-order valence-electron chi connectivity index (χ4n) is 3.67. The number of benzene rings is 1. The number of sulfonamides is 1. The van der Waals surface area contributed by atoms with Crippen molar-refractivity contribution in [1.29, 1.82) is 0 Å². The van der Waals surface area contributed by atoms with Gasteiger partial charge in [0.1, 0.15) is 0 Å². The second-order valence-electron chi connectivity index (χ2n) is 7.74. The summed E-state index contributed by atoms with van der Waals surface area (Å²) in [7, 11) is -3.68. The van der Waals surface area contributed by atoms with E-state index in [1.54, 1.807) is 13.0 Å². The van der Waals surface area contributed by atoms with Crippen molar-refractivity contribution < 1.29 is 13.2 Å². The molecule has 2 fully saturated rings. The molecule has 0 spiro atoms. The molecule has 0 atom stereocenters. The van der Waals surface area contributed by atoms with Gasteiger partial charge in [-0.2, -0.15) is 15.0 Å². The molecule has 2 saturated heterocycles. The molecule has 1 aromatic carbocycles. The van der Waals surface area contributed by atoms with E-state index in [0.717, 1.165) is 31.5 Å². The van der Waals surface area contributed by atoms with E-state index in [-0.39, 0.29) is 11.4 Å². The summed E-state index contributed by atoms with van der Waals surface area (Å²) in [6, 6.07) is 5.39. The molecule has 162 valence electrons. The number of hydrogen-bond donors (Lipinski definition) is 1. The van der Waals surface area contributed by atoms with Gasteiger partial charge in [0.05, 0.1) is 24.7 Å². The van der Waals surface area contributed by atoms with E-state index < -0.39 is 10.0 Å². The molecule has 1 aromatic heterocycles. The first-order valence-corrected chi connectivity index (χ1v) is 11.8. The lowest BCUT2D eigenvalue weighted by Gasteiger charge is -2.28. The molecule has 9 nitrogen and oxygen atoms in total. The third-order valence-corrected chi connectivity index (χ3v) is 6.94. The van der Waals surface area contributed by atoms with Crippen molar-refractivity contribution in [1.82, 2.24) is 19.7 Å². The van der Waals surface area contributed by atoms with E-state index in [2.05, 4.69) is 29.5 Å². The highest BCUT2D eigenvalue weighted by Crippen LogP contribution is 2.20. The fraction of sp³-hybridized carbons (Fsp3) is 0.550. The number of rotatable bonds is 6. The Morgan fingerprint density at radius 2 is 1.60 bits per heavy atom. The van der Waals surface area contributed by atoms with Crippen LogP contribution in [-0.4, -0.2) is 62.8 Å². The van der Waals surface area contributed by atoms with Crippen molar-refractivity contribution in [2.24, 2.45) is 0 Å². The zero-order valence-corrected chi connectivity index (χ0v) is 18.3. The Hall–Kier alpha value is -2.30. The van der Waals surface area contributed by atoms with Crippen LogP contribution in [0.2, 0.25) is 0 Å². The standard InChI is InChI=1S/C20H28N6O3S/c1-15-5-6-16(2)17(13-15)30(27,28)21-14-18-22-19(25-7-3-4-8-25)24-20(23-18)26-9-11-29-12-10-26/h5-6,13,21H,3-4,7-12,14H2,1-2H3. The second-order valence-corrected chi connectivity index (χ2v) is 9.47. The SMILES string of the molecule is Cc1ccc(C)c(S(=O)(=O)NCc2nc(N3CCCC3)nc(N3CCOCC3)n2)c1. The van der Waals surface area contributed by atoms with E-state index in [0.29, 0.717) is 49.6 Å². The van der Waals surface area contributed by atoms with Crippen LogP contribution in [-0.2, 0) is 21.3 Å². The maximum absolute atomic E-state index is 12.9. The number of aromatic nitrogens is 3. The normalized spacial score (nSPS) is 17.5. The van der Waals surface area contributed by atoms with Gasteiger partial charge in [-0.25, -0.2) is 13.1 Å². The summed E-state index contributed by atoms with van der Waals surface area (Å²) in [5, 5.41) is 0. The maximum Gasteiger partial charge on any atom is 0.241 e. The summed E-state index contributed by atoms with van der Waals surface area (Å²) < 4.78 is 33.9. The predicted octanol–water partition coefficient (Wildman–Crippen LogP) is 1.40. The van der Waals surface area contributed by atoms with Gasteiger partial charge in [0.15, 0.2) is 5.82 Å². The molecule has 0 bridgehead atoms. The zero-order chi connectivity index (χ0) is 21.1. The number of nitrogens with one attached hydrogen (secondary N) is 1. The number of ether oxygens (including phenoxy) is 1. The Kier molecular flexibility index (Phi) is 6.16. The molecule has 0 amide bonds. The Balaban J connectivity index is 1.59. The van der Waals surface area contributed by atoms with Crippen molar-refractivity contribution >= 4 is 21.9 Å². The van der Waals surface area contributed by atoms with E-state index in [4.69, 9.17) is 4.74 Å². The monoisotopic (exact) mass is 432 g/mol. The number of hydrogen-bond acceptors (Lipinski definition) is 8. The Morgan fingerprint density at radius 1 is 0.967 bits per heavy atom. The van der Waals surface area contributed by atoms with E-state index >= 15 is 0 Å². The van der Waals surface area contributed by atoms with Crippen LogP contribution in [0.15, 0.2) is 23.1 Å². The minimum Gasteiger partial charge on any atom is -0.378 e. The molecule has 2 aromatic rings. The van der Waals surface area contributed by atoms with Gasteiger partial charge in [0.25, 0.3) is 0 Å². The first-order chi connectivity index (χ1) is 14.4. The van der Waals surface area contributed by atoms with Gasteiger partial charge in [-0.05, 0) is 43.9 Å². The molecule has 0 radical (unpaired) electrons. The van der Waals surface area contributed by atoms with Gasteiger partial charge in [-0.1, -0.05) is 12.1 Å². The molecule has 0 aliphatic carbocycles. The van der Waals surface area contributed by atoms with Crippen molar-refractivity contribution in [3.8, 4) is 0 Å². The highest BCUT2D eigenvalue weighted by molar-refractivity contribution is 7.89. The van der Waals surface area contributed by atoms with Gasteiger partial charge in [0.2, 0.25) is 21.9 Å². The molecule has 2 aliphatic heterocycles. The number of nitrogens with zero attached hydrogens (tertiary/aromatic N) is 5. The van der Waals surface area contributed by atoms with Crippen LogP contribution < -0.4 is 14.5 Å². The van der Waals surface area contributed by atoms with Gasteiger partial charge < -0.3 is 14.5 Å². The Bertz CT molecular complexity index is 1000. The topological polar surface area (TPSA) is 101 Å². The largest absolute Gasteiger partial charge is 0.378 e. The smallest absolute Gasteiger partial charge is 0.241 e. The van der Waals surface area contributed by atoms with Gasteiger partial charge in [0, 0.05) is 26.2 Å². The van der Waals surface area contributed by atoms with E-state index in [1.807, 2.05) is 19.1 Å². The summed E-state index contributed by atoms with van der Waals surface area (Å²) in [5.74, 6) is 1.61. The second kappa shape index (κ2) is 8.83. The van der Waals surface area contributed by atoms with Crippen LogP contribution in [0.4, 0.5) is 11.9 Å². The minimum absolute atomic E-state index is 0.0103. The van der Waals surface area contributed by atoms with Crippen molar-refractivity contribution in [3.63, 3.8) is 0 Å². The van der Waals surface area contributed by atoms with Crippen molar-refractivity contribution in [2.75, 3.05) is 49.2 Å². The highest BCUT2D eigenvalue weighted by Gasteiger charge is 2.22. The van der Waals surface area contributed by atoms with Crippen LogP contribution in [0.25, 0.3) is 0 Å². The molecule has 1 N–H and O–H groups in total. The molecular weight excluding hydrogens is 404 g/mol. The lowest BCUT2D eigenvalue weighted by Crippen LogP contribution is -2.38. The first-order valence-electron chi connectivity index (χ1n) is 10.3. The molecular formula is C20H28N6O3S. The third kappa shape index (κ3) is 4.71. The van der Waals surface area contributed by atoms with E-state index in [1.165, 1.54) is 0 Å². The molecule has 0 saturated carbocycles. The third-order valence-electron chi connectivity index (χ3n) is 5.39. The molecule has 3 heterocycles. The molecule has 0 unspecified atom stereocenters. The summed E-state index contributed by atoms with van der Waals surface area (Å²) in [5.41, 5.74) is 1.60. The summed E-state index contributed by atoms with van der Waals surface area (Å²) in [4.78, 5) is 18.3. The first kappa shape index (κ1) is 21.0. The average Bonchev–Trinajstić information content (AvgIpc) is 3.29. The average molecular weight is 433 g/mol. The zero-order valence-electron chi connectivity index (χ0n) is 17.5. The summed E-state index contributed by atoms with van der Waals surface area (Å²) >= 11 is 0. The lowest BCUT2D eigenvalue weighted by molar-refractivity contribution is 0.122. The maximum atomic E-state index is 12.9. The summed E-state index contributed by atoms with van der Waals surface area (Å²) in [6.07, 6.45) is 2.21. The Morgan fingerprint density at radius 3 is 2.27 bits per heavy atom. The highest BCUT2D eigenvalue weighted by atomic mass is 32.2. The van der Waals surface area contributed by atoms with Crippen molar-refractivity contribution in [2.45, 2.75) is 38.1 Å². The van der Waals surface area contributed by atoms with Gasteiger partial charge in [-0.15, -0.1) is 0 Å². The lowest BCUT2D eigenvalue weighted by atomic mass is 10.2. The van der Waals surface area contributed by atoms with Gasteiger partial charge in [-0.3, -0.25) is 0 Å². The van der Waals surface area contributed by atoms with Crippen LogP contribution in [0.5, 0.6) is 0 Å². The van der Waals surface area contributed by atoms with Crippen LogP contribution >= 0.6 is 0 Å². The number of morpholine rings is 1. The molecule has 30 heavy (non-hydrogen) atoms. The van der Waals surface area contributed by atoms with Gasteiger partial charge >= 0.3 is 0 Å². The number of aryl methyl sites for hydroxylation is 2. The Labute approximate surface area is 177 Å². The minimum atomic E-state index is -3.68. The van der Waals surface area contributed by atoms with Crippen LogP contribution in [0.3, 0.4) is 0 Å². The van der Waals surface area contributed by atoms with Crippen LogP contribution in [0.1, 0.15) is 29.8 Å². The molecule has 10 heteroatoms. The molecule has 4 rings (SSSR count). The summed E-state index contributed by atoms with van der Waals surface area (Å²) in [6.45, 7) is 8.14. The van der Waals surface area contributed by atoms with Crippen LogP contribution in [0, 0.1) is 13.8 Å². The van der Waals surface area contributed by atoms with E-state index in [9.17, 15) is 8.42 Å².